The molecule has 2 fully saturated rings. The summed E-state index contributed by atoms with van der Waals surface area (Å²) < 4.78 is 0. The highest BCUT2D eigenvalue weighted by molar-refractivity contribution is 5.74. The fourth-order valence-electron chi connectivity index (χ4n) is 2.02. The summed E-state index contributed by atoms with van der Waals surface area (Å²) in [5.74, 6) is -0.856. The Balaban J connectivity index is 1.80. The Morgan fingerprint density at radius 2 is 1.93 bits per heavy atom. The first-order chi connectivity index (χ1) is 6.72. The number of hydrogen-bond acceptors (Lipinski definition) is 3. The number of amides is 1. The van der Waals surface area contributed by atoms with Gasteiger partial charge in [0.25, 0.3) is 0 Å². The zero-order chi connectivity index (χ0) is 10.1. The van der Waals surface area contributed by atoms with Crippen molar-refractivity contribution in [2.45, 2.75) is 12.5 Å². The SMILES string of the molecule is O=CN1CCN(C2CC2C(=O)O)CC1. The molecule has 2 rings (SSSR count). The molecule has 0 aromatic heterocycles. The summed E-state index contributed by atoms with van der Waals surface area (Å²) in [6.45, 7) is 3.08. The molecule has 1 saturated heterocycles. The van der Waals surface area contributed by atoms with Gasteiger partial charge in [-0.15, -0.1) is 0 Å². The Morgan fingerprint density at radius 1 is 1.29 bits per heavy atom. The van der Waals surface area contributed by atoms with Crippen molar-refractivity contribution >= 4 is 12.4 Å². The van der Waals surface area contributed by atoms with Crippen molar-refractivity contribution in [2.75, 3.05) is 26.2 Å². The molecule has 5 nitrogen and oxygen atoms in total. The number of carboxylic acid groups (broad SMARTS) is 1. The fourth-order valence-corrected chi connectivity index (χ4v) is 2.02. The average molecular weight is 198 g/mol. The van der Waals surface area contributed by atoms with Crippen molar-refractivity contribution in [3.8, 4) is 0 Å². The van der Waals surface area contributed by atoms with Gasteiger partial charge >= 0.3 is 5.97 Å². The van der Waals surface area contributed by atoms with Crippen LogP contribution >= 0.6 is 0 Å². The van der Waals surface area contributed by atoms with E-state index in [-0.39, 0.29) is 12.0 Å². The number of piperazine rings is 1. The Hall–Kier alpha value is -1.10. The number of hydrogen-bond donors (Lipinski definition) is 1. The highest BCUT2D eigenvalue weighted by Gasteiger charge is 2.47. The minimum Gasteiger partial charge on any atom is -0.481 e. The van der Waals surface area contributed by atoms with E-state index in [2.05, 4.69) is 4.90 Å². The molecule has 0 aromatic carbocycles. The van der Waals surface area contributed by atoms with E-state index in [0.29, 0.717) is 0 Å². The van der Waals surface area contributed by atoms with Gasteiger partial charge in [-0.05, 0) is 6.42 Å². The van der Waals surface area contributed by atoms with Crippen LogP contribution in [0.25, 0.3) is 0 Å². The molecule has 0 bridgehead atoms. The monoisotopic (exact) mass is 198 g/mol. The second kappa shape index (κ2) is 3.57. The molecule has 1 saturated carbocycles. The van der Waals surface area contributed by atoms with Crippen molar-refractivity contribution in [3.05, 3.63) is 0 Å². The van der Waals surface area contributed by atoms with Crippen LogP contribution in [0.15, 0.2) is 0 Å². The molecule has 78 valence electrons. The molecule has 1 heterocycles. The van der Waals surface area contributed by atoms with Gasteiger partial charge in [0.2, 0.25) is 6.41 Å². The van der Waals surface area contributed by atoms with E-state index in [1.54, 1.807) is 4.90 Å². The Morgan fingerprint density at radius 3 is 2.36 bits per heavy atom. The van der Waals surface area contributed by atoms with Crippen LogP contribution in [0.3, 0.4) is 0 Å². The van der Waals surface area contributed by atoms with Gasteiger partial charge in [0.15, 0.2) is 0 Å². The lowest BCUT2D eigenvalue weighted by Crippen LogP contribution is -2.47. The van der Waals surface area contributed by atoms with Gasteiger partial charge in [0.1, 0.15) is 0 Å². The molecule has 1 aliphatic heterocycles. The number of carbonyl (C=O) groups excluding carboxylic acids is 1. The van der Waals surface area contributed by atoms with Crippen LogP contribution < -0.4 is 0 Å². The Bertz CT molecular complexity index is 248. The maximum Gasteiger partial charge on any atom is 0.308 e. The highest BCUT2D eigenvalue weighted by atomic mass is 16.4. The van der Waals surface area contributed by atoms with Gasteiger partial charge in [-0.25, -0.2) is 0 Å². The molecule has 2 atom stereocenters. The third kappa shape index (κ3) is 1.72. The number of rotatable bonds is 3. The van der Waals surface area contributed by atoms with Gasteiger partial charge in [0, 0.05) is 32.2 Å². The number of carboxylic acids is 1. The van der Waals surface area contributed by atoms with Crippen LogP contribution in [0.2, 0.25) is 0 Å². The highest BCUT2D eigenvalue weighted by Crippen LogP contribution is 2.36. The summed E-state index contributed by atoms with van der Waals surface area (Å²) in [4.78, 5) is 25.0. The predicted octanol–water partition coefficient (Wildman–Crippen LogP) is -0.766. The summed E-state index contributed by atoms with van der Waals surface area (Å²) in [6.07, 6.45) is 1.63. The predicted molar refractivity (Wildman–Crippen MR) is 48.7 cm³/mol. The average Bonchev–Trinajstić information content (AvgIpc) is 2.97. The van der Waals surface area contributed by atoms with E-state index < -0.39 is 5.97 Å². The molecule has 0 radical (unpaired) electrons. The first-order valence-electron chi connectivity index (χ1n) is 4.88. The van der Waals surface area contributed by atoms with Crippen LogP contribution in [0.1, 0.15) is 6.42 Å². The quantitative estimate of drug-likeness (QED) is 0.605. The van der Waals surface area contributed by atoms with Gasteiger partial charge in [-0.1, -0.05) is 0 Å². The molecular weight excluding hydrogens is 184 g/mol. The molecule has 1 aliphatic carbocycles. The van der Waals surface area contributed by atoms with Crippen molar-refractivity contribution < 1.29 is 14.7 Å². The van der Waals surface area contributed by atoms with Crippen LogP contribution in [0.5, 0.6) is 0 Å². The standard InChI is InChI=1S/C9H14N2O3/c12-6-10-1-3-11(4-2-10)8-5-7(8)9(13)14/h6-8H,1-5H2,(H,13,14). The lowest BCUT2D eigenvalue weighted by atomic mass is 10.3. The maximum atomic E-state index is 10.6. The Labute approximate surface area is 82.3 Å². The molecule has 1 N–H and O–H groups in total. The molecule has 2 unspecified atom stereocenters. The Kier molecular flexibility index (Phi) is 2.41. The second-order valence-corrected chi connectivity index (χ2v) is 3.93. The fraction of sp³-hybridized carbons (Fsp3) is 0.778. The number of carbonyl (C=O) groups is 2. The topological polar surface area (TPSA) is 60.9 Å². The molecular formula is C9H14N2O3. The maximum absolute atomic E-state index is 10.6. The molecule has 14 heavy (non-hydrogen) atoms. The van der Waals surface area contributed by atoms with E-state index in [0.717, 1.165) is 39.0 Å². The minimum absolute atomic E-state index is 0.169. The smallest absolute Gasteiger partial charge is 0.308 e. The third-order valence-corrected chi connectivity index (χ3v) is 3.04. The van der Waals surface area contributed by atoms with Crippen molar-refractivity contribution in [2.24, 2.45) is 5.92 Å². The van der Waals surface area contributed by atoms with Crippen LogP contribution in [-0.2, 0) is 9.59 Å². The second-order valence-electron chi connectivity index (χ2n) is 3.93. The van der Waals surface area contributed by atoms with E-state index in [9.17, 15) is 9.59 Å². The number of nitrogens with zero attached hydrogens (tertiary/aromatic N) is 2. The summed E-state index contributed by atoms with van der Waals surface area (Å²) in [7, 11) is 0. The normalized spacial score (nSPS) is 32.7. The molecule has 0 spiro atoms. The number of aliphatic carboxylic acids is 1. The lowest BCUT2D eigenvalue weighted by molar-refractivity contribution is -0.139. The van der Waals surface area contributed by atoms with Gasteiger partial charge < -0.3 is 10.0 Å². The van der Waals surface area contributed by atoms with Crippen LogP contribution in [-0.4, -0.2) is 59.5 Å². The van der Waals surface area contributed by atoms with E-state index in [1.165, 1.54) is 0 Å². The molecule has 5 heteroatoms. The third-order valence-electron chi connectivity index (χ3n) is 3.04. The first kappa shape index (κ1) is 9.45. The first-order valence-corrected chi connectivity index (χ1v) is 4.88. The van der Waals surface area contributed by atoms with Crippen LogP contribution in [0.4, 0.5) is 0 Å². The largest absolute Gasteiger partial charge is 0.481 e. The van der Waals surface area contributed by atoms with Gasteiger partial charge in [-0.2, -0.15) is 0 Å². The molecule has 2 aliphatic rings. The zero-order valence-electron chi connectivity index (χ0n) is 7.93. The van der Waals surface area contributed by atoms with E-state index in [4.69, 9.17) is 5.11 Å². The summed E-state index contributed by atoms with van der Waals surface area (Å²) in [5.41, 5.74) is 0. The molecule has 1 amide bonds. The summed E-state index contributed by atoms with van der Waals surface area (Å²) in [6, 6.07) is 0.223. The summed E-state index contributed by atoms with van der Waals surface area (Å²) >= 11 is 0. The lowest BCUT2D eigenvalue weighted by Gasteiger charge is -2.32. The van der Waals surface area contributed by atoms with E-state index in [1.807, 2.05) is 0 Å². The van der Waals surface area contributed by atoms with Crippen molar-refractivity contribution in [3.63, 3.8) is 0 Å². The zero-order valence-corrected chi connectivity index (χ0v) is 7.93. The van der Waals surface area contributed by atoms with Gasteiger partial charge in [-0.3, -0.25) is 14.5 Å². The molecule has 0 aromatic rings. The minimum atomic E-state index is -0.687. The van der Waals surface area contributed by atoms with Crippen molar-refractivity contribution in [1.82, 2.24) is 9.80 Å². The van der Waals surface area contributed by atoms with Crippen LogP contribution in [0, 0.1) is 5.92 Å². The van der Waals surface area contributed by atoms with Gasteiger partial charge in [0.05, 0.1) is 5.92 Å². The van der Waals surface area contributed by atoms with Crippen molar-refractivity contribution in [1.29, 1.82) is 0 Å². The van der Waals surface area contributed by atoms with E-state index >= 15 is 0 Å². The summed E-state index contributed by atoms with van der Waals surface area (Å²) in [5, 5.41) is 8.76.